The molecule has 0 aliphatic heterocycles. The van der Waals surface area contributed by atoms with E-state index in [9.17, 15) is 9.59 Å². The molecular weight excluding hydrogens is 326 g/mol. The zero-order valence-corrected chi connectivity index (χ0v) is 13.9. The Morgan fingerprint density at radius 1 is 1.33 bits per heavy atom. The standard InChI is InChI=1S/C18H16ClN3O2/c1-2-22-11-15(17(23)14-8-13(19)5-6-16(14)22)18(24)21-10-12-4-3-7-20-9-12/h3-9,11H,2,10H2,1H3,(H,21,24). The van der Waals surface area contributed by atoms with Crippen molar-refractivity contribution in [3.8, 4) is 0 Å². The third kappa shape index (κ3) is 3.16. The Morgan fingerprint density at radius 3 is 2.88 bits per heavy atom. The summed E-state index contributed by atoms with van der Waals surface area (Å²) >= 11 is 6.00. The fourth-order valence-electron chi connectivity index (χ4n) is 2.57. The SMILES string of the molecule is CCn1cc(C(=O)NCc2cccnc2)c(=O)c2cc(Cl)ccc21. The maximum Gasteiger partial charge on any atom is 0.257 e. The van der Waals surface area contributed by atoms with Crippen LogP contribution in [0.15, 0.2) is 53.7 Å². The Hall–Kier alpha value is -2.66. The quantitative estimate of drug-likeness (QED) is 0.793. The van der Waals surface area contributed by atoms with Crippen LogP contribution >= 0.6 is 11.6 Å². The molecular formula is C18H16ClN3O2. The average Bonchev–Trinajstić information content (AvgIpc) is 2.61. The van der Waals surface area contributed by atoms with Gasteiger partial charge in [0.1, 0.15) is 5.56 Å². The van der Waals surface area contributed by atoms with Crippen LogP contribution in [0.25, 0.3) is 10.9 Å². The van der Waals surface area contributed by atoms with Gasteiger partial charge in [0.2, 0.25) is 5.43 Å². The maximum atomic E-state index is 12.7. The summed E-state index contributed by atoms with van der Waals surface area (Å²) in [4.78, 5) is 29.1. The highest BCUT2D eigenvalue weighted by Crippen LogP contribution is 2.17. The number of pyridine rings is 2. The van der Waals surface area contributed by atoms with Gasteiger partial charge in [0.05, 0.1) is 5.52 Å². The number of carbonyl (C=O) groups excluding carboxylic acids is 1. The van der Waals surface area contributed by atoms with Gasteiger partial charge in [-0.15, -0.1) is 0 Å². The Kier molecular flexibility index (Phi) is 4.62. The lowest BCUT2D eigenvalue weighted by Gasteiger charge is -2.12. The second-order valence-corrected chi connectivity index (χ2v) is 5.80. The molecule has 0 saturated heterocycles. The molecule has 1 amide bonds. The lowest BCUT2D eigenvalue weighted by molar-refractivity contribution is 0.0949. The Bertz CT molecular complexity index is 952. The van der Waals surface area contributed by atoms with Crippen molar-refractivity contribution in [2.24, 2.45) is 0 Å². The third-order valence-corrected chi connectivity index (χ3v) is 4.04. The molecule has 0 saturated carbocycles. The number of nitrogens with zero attached hydrogens (tertiary/aromatic N) is 2. The van der Waals surface area contributed by atoms with Crippen molar-refractivity contribution in [2.75, 3.05) is 0 Å². The summed E-state index contributed by atoms with van der Waals surface area (Å²) in [6, 6.07) is 8.78. The molecule has 0 spiro atoms. The van der Waals surface area contributed by atoms with Crippen molar-refractivity contribution in [1.29, 1.82) is 0 Å². The first-order chi connectivity index (χ1) is 11.6. The van der Waals surface area contributed by atoms with Crippen LogP contribution in [0, 0.1) is 0 Å². The summed E-state index contributed by atoms with van der Waals surface area (Å²) in [5, 5.41) is 3.67. The summed E-state index contributed by atoms with van der Waals surface area (Å²) in [5.74, 6) is -0.409. The number of fused-ring (bicyclic) bond motifs is 1. The molecule has 0 radical (unpaired) electrons. The molecule has 1 N–H and O–H groups in total. The number of hydrogen-bond donors (Lipinski definition) is 1. The van der Waals surface area contributed by atoms with Gasteiger partial charge >= 0.3 is 0 Å². The monoisotopic (exact) mass is 341 g/mol. The molecule has 0 aliphatic rings. The van der Waals surface area contributed by atoms with Crippen LogP contribution in [0.4, 0.5) is 0 Å². The van der Waals surface area contributed by atoms with E-state index in [2.05, 4.69) is 10.3 Å². The second kappa shape index (κ2) is 6.84. The van der Waals surface area contributed by atoms with Crippen LogP contribution in [0.2, 0.25) is 5.02 Å². The number of rotatable bonds is 4. The second-order valence-electron chi connectivity index (χ2n) is 5.36. The van der Waals surface area contributed by atoms with Gasteiger partial charge in [-0.3, -0.25) is 14.6 Å². The van der Waals surface area contributed by atoms with Crippen molar-refractivity contribution in [1.82, 2.24) is 14.9 Å². The van der Waals surface area contributed by atoms with Crippen molar-refractivity contribution in [2.45, 2.75) is 20.0 Å². The van der Waals surface area contributed by atoms with Crippen LogP contribution in [-0.2, 0) is 13.1 Å². The summed E-state index contributed by atoms with van der Waals surface area (Å²) < 4.78 is 1.87. The van der Waals surface area contributed by atoms with E-state index >= 15 is 0 Å². The minimum Gasteiger partial charge on any atom is -0.348 e. The largest absolute Gasteiger partial charge is 0.348 e. The van der Waals surface area contributed by atoms with Crippen LogP contribution in [0.3, 0.4) is 0 Å². The number of benzene rings is 1. The van der Waals surface area contributed by atoms with Gasteiger partial charge in [-0.25, -0.2) is 0 Å². The summed E-state index contributed by atoms with van der Waals surface area (Å²) in [6.07, 6.45) is 4.93. The predicted molar refractivity (Wildman–Crippen MR) is 94.3 cm³/mol. The smallest absolute Gasteiger partial charge is 0.257 e. The molecule has 24 heavy (non-hydrogen) atoms. The summed E-state index contributed by atoms with van der Waals surface area (Å²) in [7, 11) is 0. The summed E-state index contributed by atoms with van der Waals surface area (Å²) in [5.41, 5.74) is 1.41. The van der Waals surface area contributed by atoms with E-state index in [-0.39, 0.29) is 11.0 Å². The molecule has 0 bridgehead atoms. The number of aryl methyl sites for hydroxylation is 1. The van der Waals surface area contributed by atoms with Crippen molar-refractivity contribution < 1.29 is 4.79 Å². The van der Waals surface area contributed by atoms with Gasteiger partial charge in [-0.05, 0) is 36.8 Å². The lowest BCUT2D eigenvalue weighted by atomic mass is 10.1. The van der Waals surface area contributed by atoms with Gasteiger partial charge in [-0.2, -0.15) is 0 Å². The zero-order chi connectivity index (χ0) is 17.1. The van der Waals surface area contributed by atoms with Crippen LogP contribution in [0.5, 0.6) is 0 Å². The average molecular weight is 342 g/mol. The molecule has 6 heteroatoms. The zero-order valence-electron chi connectivity index (χ0n) is 13.1. The minimum absolute atomic E-state index is 0.107. The number of hydrogen-bond acceptors (Lipinski definition) is 3. The van der Waals surface area contributed by atoms with Crippen LogP contribution in [-0.4, -0.2) is 15.5 Å². The lowest BCUT2D eigenvalue weighted by Crippen LogP contribution is -2.29. The first-order valence-electron chi connectivity index (χ1n) is 7.60. The molecule has 3 aromatic rings. The molecule has 2 aromatic heterocycles. The van der Waals surface area contributed by atoms with E-state index in [1.165, 1.54) is 0 Å². The topological polar surface area (TPSA) is 64.0 Å². The molecule has 0 aliphatic carbocycles. The molecule has 0 atom stereocenters. The first kappa shape index (κ1) is 16.2. The van der Waals surface area contributed by atoms with Gasteiger partial charge in [0.15, 0.2) is 0 Å². The normalized spacial score (nSPS) is 10.8. The van der Waals surface area contributed by atoms with E-state index in [0.29, 0.717) is 23.5 Å². The number of nitrogens with one attached hydrogen (secondary N) is 1. The van der Waals surface area contributed by atoms with Gasteiger partial charge < -0.3 is 9.88 Å². The van der Waals surface area contributed by atoms with Gasteiger partial charge in [0.25, 0.3) is 5.91 Å². The molecule has 3 rings (SSSR count). The van der Waals surface area contributed by atoms with Crippen LogP contribution in [0.1, 0.15) is 22.8 Å². The first-order valence-corrected chi connectivity index (χ1v) is 7.97. The maximum absolute atomic E-state index is 12.7. The third-order valence-electron chi connectivity index (χ3n) is 3.80. The Balaban J connectivity index is 1.98. The van der Waals surface area contributed by atoms with E-state index in [4.69, 9.17) is 11.6 Å². The Morgan fingerprint density at radius 2 is 2.17 bits per heavy atom. The highest BCUT2D eigenvalue weighted by atomic mass is 35.5. The molecule has 2 heterocycles. The van der Waals surface area contributed by atoms with Crippen molar-refractivity contribution in [3.63, 3.8) is 0 Å². The van der Waals surface area contributed by atoms with E-state index in [1.807, 2.05) is 17.6 Å². The Labute approximate surface area is 143 Å². The number of halogens is 1. The number of aromatic nitrogens is 2. The fraction of sp³-hybridized carbons (Fsp3) is 0.167. The van der Waals surface area contributed by atoms with Crippen molar-refractivity contribution in [3.05, 3.63) is 75.3 Å². The van der Waals surface area contributed by atoms with Gasteiger partial charge in [-0.1, -0.05) is 17.7 Å². The van der Waals surface area contributed by atoms with E-state index in [1.54, 1.807) is 42.9 Å². The summed E-state index contributed by atoms with van der Waals surface area (Å²) in [6.45, 7) is 2.91. The van der Waals surface area contributed by atoms with Crippen LogP contribution < -0.4 is 10.7 Å². The highest BCUT2D eigenvalue weighted by molar-refractivity contribution is 6.31. The highest BCUT2D eigenvalue weighted by Gasteiger charge is 2.15. The van der Waals surface area contributed by atoms with Crippen molar-refractivity contribution >= 4 is 28.4 Å². The minimum atomic E-state index is -0.409. The van der Waals surface area contributed by atoms with Gasteiger partial charge in [0, 0.05) is 42.1 Å². The molecule has 0 fully saturated rings. The van der Waals surface area contributed by atoms with E-state index in [0.717, 1.165) is 11.1 Å². The number of carbonyl (C=O) groups is 1. The molecule has 0 unspecified atom stereocenters. The molecule has 1 aromatic carbocycles. The molecule has 122 valence electrons. The molecule has 5 nitrogen and oxygen atoms in total. The fourth-order valence-corrected chi connectivity index (χ4v) is 2.75. The number of amides is 1. The van der Waals surface area contributed by atoms with E-state index < -0.39 is 5.91 Å². The predicted octanol–water partition coefficient (Wildman–Crippen LogP) is 3.00.